The van der Waals surface area contributed by atoms with Crippen LogP contribution in [0.3, 0.4) is 0 Å². The molecule has 60 valence electrons. The van der Waals surface area contributed by atoms with E-state index in [0.29, 0.717) is 0 Å². The minimum absolute atomic E-state index is 0. The van der Waals surface area contributed by atoms with Crippen molar-refractivity contribution in [3.05, 3.63) is 72.8 Å². The Kier molecular flexibility index (Phi) is 9.12. The molecule has 0 unspecified atom stereocenters. The van der Waals surface area contributed by atoms with E-state index in [1.807, 2.05) is 60.7 Å². The first kappa shape index (κ1) is 12.4. The number of benzene rings is 2. The van der Waals surface area contributed by atoms with Crippen LogP contribution in [-0.4, -0.2) is 29.6 Å². The Morgan fingerprint density at radius 1 is 0.462 bits per heavy atom. The summed E-state index contributed by atoms with van der Waals surface area (Å²) in [7, 11) is 0. The molecule has 0 aliphatic heterocycles. The van der Waals surface area contributed by atoms with E-state index < -0.39 is 0 Å². The van der Waals surface area contributed by atoms with E-state index >= 15 is 0 Å². The van der Waals surface area contributed by atoms with Crippen molar-refractivity contribution in [3.63, 3.8) is 0 Å². The maximum absolute atomic E-state index is 2.89. The molecule has 0 aliphatic rings. The van der Waals surface area contributed by atoms with Crippen molar-refractivity contribution in [2.75, 3.05) is 0 Å². The van der Waals surface area contributed by atoms with Crippen molar-refractivity contribution < 1.29 is 0 Å². The molecule has 0 atom stereocenters. The fourth-order valence-corrected chi connectivity index (χ4v) is 0.684. The smallest absolute Gasteiger partial charge is 0.0184 e. The molecule has 0 nitrogen and oxygen atoms in total. The van der Waals surface area contributed by atoms with Gasteiger partial charge in [-0.25, -0.2) is 0 Å². The van der Waals surface area contributed by atoms with E-state index in [4.69, 9.17) is 0 Å². The Morgan fingerprint density at radius 2 is 0.769 bits per heavy atom. The Labute approximate surface area is 102 Å². The molecule has 0 aliphatic carbocycles. The Morgan fingerprint density at radius 3 is 0.846 bits per heavy atom. The maximum atomic E-state index is 2.89. The second kappa shape index (κ2) is 9.53. The van der Waals surface area contributed by atoms with Crippen molar-refractivity contribution in [1.29, 1.82) is 0 Å². The predicted octanol–water partition coefficient (Wildman–Crippen LogP) is 2.33. The first-order chi connectivity index (χ1) is 6.00. The van der Waals surface area contributed by atoms with E-state index in [1.54, 1.807) is 0 Å². The van der Waals surface area contributed by atoms with Crippen molar-refractivity contribution in [3.8, 4) is 0 Å². The molecule has 0 saturated heterocycles. The summed E-state index contributed by atoms with van der Waals surface area (Å²) in [5, 5.41) is 0. The molecular formula is C12H11Na. The van der Waals surface area contributed by atoms with Crippen LogP contribution in [0, 0.1) is 12.1 Å². The van der Waals surface area contributed by atoms with Crippen LogP contribution in [-0.2, 0) is 0 Å². The average molecular weight is 178 g/mol. The molecule has 2 radical (unpaired) electrons. The van der Waals surface area contributed by atoms with Crippen LogP contribution in [0.2, 0.25) is 0 Å². The monoisotopic (exact) mass is 178 g/mol. The minimum atomic E-state index is 0. The molecule has 2 rings (SSSR count). The van der Waals surface area contributed by atoms with Gasteiger partial charge in [-0.3, -0.25) is 0 Å². The van der Waals surface area contributed by atoms with E-state index in [0.717, 1.165) is 0 Å². The van der Waals surface area contributed by atoms with Crippen molar-refractivity contribution in [2.24, 2.45) is 0 Å². The van der Waals surface area contributed by atoms with Gasteiger partial charge in [0.2, 0.25) is 0 Å². The van der Waals surface area contributed by atoms with Gasteiger partial charge >= 0.3 is 29.6 Å². The molecule has 2 aromatic rings. The molecule has 0 bridgehead atoms. The fourth-order valence-electron chi connectivity index (χ4n) is 0.684. The molecule has 2 aromatic carbocycles. The SMILES string of the molecule is [NaH].[c]1ccccc1.[c]1ccccc1. The summed E-state index contributed by atoms with van der Waals surface area (Å²) >= 11 is 0. The van der Waals surface area contributed by atoms with Gasteiger partial charge < -0.3 is 0 Å². The third kappa shape index (κ3) is 7.79. The van der Waals surface area contributed by atoms with Gasteiger partial charge in [0.15, 0.2) is 0 Å². The van der Waals surface area contributed by atoms with E-state index in [-0.39, 0.29) is 29.6 Å². The zero-order chi connectivity index (χ0) is 8.49. The first-order valence-electron chi connectivity index (χ1n) is 3.82. The van der Waals surface area contributed by atoms with Crippen LogP contribution in [0.1, 0.15) is 0 Å². The van der Waals surface area contributed by atoms with Crippen molar-refractivity contribution >= 4 is 29.6 Å². The normalized spacial score (nSPS) is 7.38. The fraction of sp³-hybridized carbons (Fsp3) is 0. The van der Waals surface area contributed by atoms with Crippen LogP contribution in [0.25, 0.3) is 0 Å². The molecular weight excluding hydrogens is 167 g/mol. The van der Waals surface area contributed by atoms with Gasteiger partial charge in [-0.05, 0) is 12.1 Å². The number of hydrogen-bond donors (Lipinski definition) is 0. The Hall–Kier alpha value is -0.560. The van der Waals surface area contributed by atoms with Crippen LogP contribution >= 0.6 is 0 Å². The van der Waals surface area contributed by atoms with Gasteiger partial charge in [-0.2, -0.15) is 0 Å². The Bertz CT molecular complexity index is 181. The van der Waals surface area contributed by atoms with E-state index in [9.17, 15) is 0 Å². The zero-order valence-corrected chi connectivity index (χ0v) is 6.77. The number of rotatable bonds is 0. The van der Waals surface area contributed by atoms with E-state index in [1.165, 1.54) is 0 Å². The van der Waals surface area contributed by atoms with Crippen LogP contribution in [0.5, 0.6) is 0 Å². The molecule has 0 fully saturated rings. The standard InChI is InChI=1S/2C6H5.Na.H/c2*1-2-4-6-5-3-1;;/h2*1-5H;;. The first-order valence-corrected chi connectivity index (χ1v) is 3.82. The molecule has 0 heterocycles. The summed E-state index contributed by atoms with van der Waals surface area (Å²) in [6.07, 6.45) is 0. The van der Waals surface area contributed by atoms with E-state index in [2.05, 4.69) is 12.1 Å². The summed E-state index contributed by atoms with van der Waals surface area (Å²) in [5.41, 5.74) is 0. The second-order valence-corrected chi connectivity index (χ2v) is 2.15. The van der Waals surface area contributed by atoms with Crippen LogP contribution in [0.15, 0.2) is 60.7 Å². The van der Waals surface area contributed by atoms with Gasteiger partial charge in [-0.1, -0.05) is 60.7 Å². The van der Waals surface area contributed by atoms with Gasteiger partial charge in [0.05, 0.1) is 0 Å². The van der Waals surface area contributed by atoms with Gasteiger partial charge in [0.1, 0.15) is 0 Å². The largest absolute Gasteiger partial charge is 0.0622 e. The van der Waals surface area contributed by atoms with Crippen LogP contribution < -0.4 is 0 Å². The molecule has 0 saturated carbocycles. The molecule has 0 amide bonds. The third-order valence-electron chi connectivity index (χ3n) is 1.21. The molecule has 0 aromatic heterocycles. The van der Waals surface area contributed by atoms with Crippen LogP contribution in [0.4, 0.5) is 0 Å². The average Bonchev–Trinajstić information content (AvgIpc) is 2.24. The maximum Gasteiger partial charge on any atom is -0.0184 e. The van der Waals surface area contributed by atoms with Gasteiger partial charge in [0.25, 0.3) is 0 Å². The molecule has 0 spiro atoms. The Balaban J connectivity index is 0.000000206. The summed E-state index contributed by atoms with van der Waals surface area (Å²) in [6, 6.07) is 25.0. The van der Waals surface area contributed by atoms with Crippen molar-refractivity contribution in [2.45, 2.75) is 0 Å². The number of hydrogen-bond acceptors (Lipinski definition) is 0. The zero-order valence-electron chi connectivity index (χ0n) is 6.77. The van der Waals surface area contributed by atoms with Gasteiger partial charge in [-0.15, -0.1) is 0 Å². The van der Waals surface area contributed by atoms with Crippen molar-refractivity contribution in [1.82, 2.24) is 0 Å². The second-order valence-electron chi connectivity index (χ2n) is 2.15. The third-order valence-corrected chi connectivity index (χ3v) is 1.21. The summed E-state index contributed by atoms with van der Waals surface area (Å²) in [6.45, 7) is 0. The summed E-state index contributed by atoms with van der Waals surface area (Å²) < 4.78 is 0. The molecule has 1 heteroatoms. The molecule has 0 N–H and O–H groups in total. The predicted molar refractivity (Wildman–Crippen MR) is 57.7 cm³/mol. The quantitative estimate of drug-likeness (QED) is 0.543. The molecule has 13 heavy (non-hydrogen) atoms. The summed E-state index contributed by atoms with van der Waals surface area (Å²) in [4.78, 5) is 0. The van der Waals surface area contributed by atoms with Gasteiger partial charge in [0, 0.05) is 0 Å². The minimum Gasteiger partial charge on any atom is -0.0622 e. The summed E-state index contributed by atoms with van der Waals surface area (Å²) in [5.74, 6) is 0. The topological polar surface area (TPSA) is 0 Å².